The number of nitrogens with one attached hydrogen (secondary N) is 1. The van der Waals surface area contributed by atoms with E-state index >= 15 is 0 Å². The highest BCUT2D eigenvalue weighted by molar-refractivity contribution is 7.16. The molecule has 0 amide bonds. The summed E-state index contributed by atoms with van der Waals surface area (Å²) >= 11 is 1.56. The molecule has 5 nitrogen and oxygen atoms in total. The average molecular weight is 285 g/mol. The lowest BCUT2D eigenvalue weighted by molar-refractivity contribution is 0.0697. The SMILES string of the molecule is O=C(O)c1cccc(CNc2ncnc3sccc23)c1. The standard InChI is InChI=1S/C14H11N3O2S/c18-14(19)10-3-1-2-9(6-10)7-15-12-11-4-5-20-13(11)17-8-16-12/h1-6,8H,7H2,(H,18,19)(H,15,16,17). The Morgan fingerprint density at radius 2 is 2.20 bits per heavy atom. The molecule has 0 saturated carbocycles. The number of aromatic carboxylic acids is 1. The third-order valence-corrected chi connectivity index (χ3v) is 3.72. The number of carbonyl (C=O) groups is 1. The van der Waals surface area contributed by atoms with Gasteiger partial charge in [0.05, 0.1) is 10.9 Å². The molecule has 6 heteroatoms. The number of nitrogens with zero attached hydrogens (tertiary/aromatic N) is 2. The van der Waals surface area contributed by atoms with Crippen LogP contribution in [0.3, 0.4) is 0 Å². The summed E-state index contributed by atoms with van der Waals surface area (Å²) in [5.41, 5.74) is 1.18. The fraction of sp³-hybridized carbons (Fsp3) is 0.0714. The fourth-order valence-electron chi connectivity index (χ4n) is 1.93. The van der Waals surface area contributed by atoms with E-state index in [-0.39, 0.29) is 5.56 Å². The number of carboxylic acid groups (broad SMARTS) is 1. The van der Waals surface area contributed by atoms with Crippen molar-refractivity contribution < 1.29 is 9.90 Å². The molecule has 0 aliphatic rings. The second-order valence-corrected chi connectivity index (χ2v) is 5.12. The molecular formula is C14H11N3O2S. The van der Waals surface area contributed by atoms with Crippen LogP contribution in [0.4, 0.5) is 5.82 Å². The van der Waals surface area contributed by atoms with Crippen LogP contribution in [0.2, 0.25) is 0 Å². The third-order valence-electron chi connectivity index (χ3n) is 2.90. The molecule has 0 bridgehead atoms. The highest BCUT2D eigenvalue weighted by atomic mass is 32.1. The van der Waals surface area contributed by atoms with Gasteiger partial charge in [-0.3, -0.25) is 0 Å². The van der Waals surface area contributed by atoms with Gasteiger partial charge in [0, 0.05) is 6.54 Å². The number of aromatic nitrogens is 2. The molecule has 0 spiro atoms. The Morgan fingerprint density at radius 1 is 1.30 bits per heavy atom. The highest BCUT2D eigenvalue weighted by Gasteiger charge is 2.06. The second kappa shape index (κ2) is 5.26. The van der Waals surface area contributed by atoms with Gasteiger partial charge in [-0.25, -0.2) is 14.8 Å². The Morgan fingerprint density at radius 3 is 3.05 bits per heavy atom. The number of carboxylic acids is 1. The number of hydrogen-bond acceptors (Lipinski definition) is 5. The van der Waals surface area contributed by atoms with E-state index < -0.39 is 5.97 Å². The Bertz CT molecular complexity index is 770. The van der Waals surface area contributed by atoms with Gasteiger partial charge >= 0.3 is 5.97 Å². The number of anilines is 1. The normalized spacial score (nSPS) is 10.6. The summed E-state index contributed by atoms with van der Waals surface area (Å²) in [6.45, 7) is 0.517. The van der Waals surface area contributed by atoms with Crippen LogP contribution in [0.15, 0.2) is 42.0 Å². The smallest absolute Gasteiger partial charge is 0.335 e. The fourth-order valence-corrected chi connectivity index (χ4v) is 2.66. The molecular weight excluding hydrogens is 274 g/mol. The van der Waals surface area contributed by atoms with Crippen molar-refractivity contribution in [2.75, 3.05) is 5.32 Å². The van der Waals surface area contributed by atoms with Crippen molar-refractivity contribution in [1.29, 1.82) is 0 Å². The van der Waals surface area contributed by atoms with Crippen molar-refractivity contribution in [3.8, 4) is 0 Å². The molecule has 3 aromatic rings. The Balaban J connectivity index is 1.81. The molecule has 0 atom stereocenters. The largest absolute Gasteiger partial charge is 0.478 e. The summed E-state index contributed by atoms with van der Waals surface area (Å²) in [6.07, 6.45) is 1.52. The molecule has 0 aliphatic carbocycles. The maximum Gasteiger partial charge on any atom is 0.335 e. The van der Waals surface area contributed by atoms with Crippen LogP contribution >= 0.6 is 11.3 Å². The zero-order valence-electron chi connectivity index (χ0n) is 10.4. The summed E-state index contributed by atoms with van der Waals surface area (Å²) in [6, 6.07) is 8.82. The molecule has 0 fully saturated rings. The van der Waals surface area contributed by atoms with Crippen LogP contribution < -0.4 is 5.32 Å². The first kappa shape index (κ1) is 12.6. The molecule has 2 aromatic heterocycles. The van der Waals surface area contributed by atoms with E-state index in [1.807, 2.05) is 17.5 Å². The van der Waals surface area contributed by atoms with Crippen molar-refractivity contribution in [2.24, 2.45) is 0 Å². The third kappa shape index (κ3) is 2.46. The Labute approximate surface area is 118 Å². The molecule has 100 valence electrons. The van der Waals surface area contributed by atoms with Gasteiger partial charge in [0.2, 0.25) is 0 Å². The second-order valence-electron chi connectivity index (χ2n) is 4.22. The van der Waals surface area contributed by atoms with Crippen LogP contribution in [0.5, 0.6) is 0 Å². The molecule has 20 heavy (non-hydrogen) atoms. The van der Waals surface area contributed by atoms with Crippen LogP contribution in [0.25, 0.3) is 10.2 Å². The lowest BCUT2D eigenvalue weighted by Gasteiger charge is -2.07. The van der Waals surface area contributed by atoms with Crippen LogP contribution in [-0.4, -0.2) is 21.0 Å². The van der Waals surface area contributed by atoms with Gasteiger partial charge in [0.25, 0.3) is 0 Å². The van der Waals surface area contributed by atoms with E-state index in [4.69, 9.17) is 5.11 Å². The molecule has 3 rings (SSSR count). The van der Waals surface area contributed by atoms with Crippen molar-refractivity contribution >= 4 is 33.3 Å². The number of hydrogen-bond donors (Lipinski definition) is 2. The van der Waals surface area contributed by atoms with Gasteiger partial charge in [-0.05, 0) is 29.1 Å². The zero-order valence-corrected chi connectivity index (χ0v) is 11.2. The van der Waals surface area contributed by atoms with Crippen LogP contribution in [0.1, 0.15) is 15.9 Å². The van der Waals surface area contributed by atoms with Crippen molar-refractivity contribution in [2.45, 2.75) is 6.54 Å². The number of benzene rings is 1. The van der Waals surface area contributed by atoms with E-state index in [9.17, 15) is 4.79 Å². The number of thiophene rings is 1. The summed E-state index contributed by atoms with van der Waals surface area (Å²) in [5, 5.41) is 15.1. The molecule has 2 heterocycles. The minimum atomic E-state index is -0.922. The summed E-state index contributed by atoms with van der Waals surface area (Å²) in [7, 11) is 0. The van der Waals surface area contributed by atoms with Gasteiger partial charge in [0.1, 0.15) is 17.0 Å². The van der Waals surface area contributed by atoms with Crippen molar-refractivity contribution in [1.82, 2.24) is 9.97 Å². The van der Waals surface area contributed by atoms with Gasteiger partial charge in [-0.1, -0.05) is 12.1 Å². The summed E-state index contributed by atoms with van der Waals surface area (Å²) in [4.78, 5) is 20.3. The van der Waals surface area contributed by atoms with E-state index in [2.05, 4.69) is 15.3 Å². The first-order chi connectivity index (χ1) is 9.74. The van der Waals surface area contributed by atoms with Crippen molar-refractivity contribution in [3.05, 3.63) is 53.2 Å². The monoisotopic (exact) mass is 285 g/mol. The van der Waals surface area contributed by atoms with Gasteiger partial charge < -0.3 is 10.4 Å². The topological polar surface area (TPSA) is 75.1 Å². The van der Waals surface area contributed by atoms with E-state index in [1.54, 1.807) is 29.5 Å². The molecule has 0 unspecified atom stereocenters. The minimum Gasteiger partial charge on any atom is -0.478 e. The average Bonchev–Trinajstić information content (AvgIpc) is 2.94. The molecule has 2 N–H and O–H groups in total. The van der Waals surface area contributed by atoms with E-state index in [0.717, 1.165) is 21.6 Å². The predicted octanol–water partition coefficient (Wildman–Crippen LogP) is 3.00. The van der Waals surface area contributed by atoms with Crippen LogP contribution in [-0.2, 0) is 6.54 Å². The lowest BCUT2D eigenvalue weighted by atomic mass is 10.1. The van der Waals surface area contributed by atoms with Crippen molar-refractivity contribution in [3.63, 3.8) is 0 Å². The molecule has 0 aliphatic heterocycles. The maximum atomic E-state index is 10.9. The zero-order chi connectivity index (χ0) is 13.9. The Kier molecular flexibility index (Phi) is 3.30. The minimum absolute atomic E-state index is 0.285. The number of fused-ring (bicyclic) bond motifs is 1. The molecule has 0 saturated heterocycles. The Hall–Kier alpha value is -2.47. The highest BCUT2D eigenvalue weighted by Crippen LogP contribution is 2.24. The molecule has 1 aromatic carbocycles. The van der Waals surface area contributed by atoms with Gasteiger partial charge in [0.15, 0.2) is 0 Å². The quantitative estimate of drug-likeness (QED) is 0.770. The number of rotatable bonds is 4. The first-order valence-electron chi connectivity index (χ1n) is 5.98. The van der Waals surface area contributed by atoms with Gasteiger partial charge in [-0.2, -0.15) is 0 Å². The van der Waals surface area contributed by atoms with Crippen LogP contribution in [0, 0.1) is 0 Å². The van der Waals surface area contributed by atoms with E-state index in [0.29, 0.717) is 6.54 Å². The maximum absolute atomic E-state index is 10.9. The summed E-state index contributed by atoms with van der Waals surface area (Å²) in [5.74, 6) is -0.161. The van der Waals surface area contributed by atoms with Gasteiger partial charge in [-0.15, -0.1) is 11.3 Å². The first-order valence-corrected chi connectivity index (χ1v) is 6.86. The lowest BCUT2D eigenvalue weighted by Crippen LogP contribution is -2.04. The predicted molar refractivity (Wildman–Crippen MR) is 78.1 cm³/mol. The van der Waals surface area contributed by atoms with E-state index in [1.165, 1.54) is 6.33 Å². The summed E-state index contributed by atoms with van der Waals surface area (Å²) < 4.78 is 0. The molecule has 0 radical (unpaired) electrons.